The van der Waals surface area contributed by atoms with E-state index in [-0.39, 0.29) is 23.7 Å². The number of fused-ring (bicyclic) bond motifs is 1. The van der Waals surface area contributed by atoms with Crippen LogP contribution in [0.5, 0.6) is 17.2 Å². The second kappa shape index (κ2) is 12.3. The van der Waals surface area contributed by atoms with Gasteiger partial charge in [-0.1, -0.05) is 0 Å². The Labute approximate surface area is 232 Å². The second-order valence-corrected chi connectivity index (χ2v) is 10.0. The van der Waals surface area contributed by atoms with E-state index >= 15 is 0 Å². The SMILES string of the molecule is COC[C@H](C)Oc1cc(Oc2ccc(C(=O)CN3CCC(C(N)=O)CC3)cc2)cc(-c2nc3ncccc3[nH]2)c1. The number of nitrogens with two attached hydrogens (primary N) is 1. The van der Waals surface area contributed by atoms with Gasteiger partial charge in [-0.25, -0.2) is 9.97 Å². The van der Waals surface area contributed by atoms with Gasteiger partial charge in [-0.05, 0) is 81.4 Å². The van der Waals surface area contributed by atoms with Gasteiger partial charge in [-0.3, -0.25) is 14.5 Å². The molecule has 40 heavy (non-hydrogen) atoms. The lowest BCUT2D eigenvalue weighted by atomic mass is 9.96. The van der Waals surface area contributed by atoms with Crippen molar-refractivity contribution in [2.45, 2.75) is 25.9 Å². The summed E-state index contributed by atoms with van der Waals surface area (Å²) in [4.78, 5) is 38.5. The van der Waals surface area contributed by atoms with Crippen LogP contribution >= 0.6 is 0 Å². The van der Waals surface area contributed by atoms with E-state index in [1.165, 1.54) is 0 Å². The summed E-state index contributed by atoms with van der Waals surface area (Å²) in [6, 6.07) is 16.4. The number of aromatic nitrogens is 3. The fraction of sp³-hybridized carbons (Fsp3) is 0.333. The maximum absolute atomic E-state index is 12.9. The molecule has 4 aromatic rings. The maximum Gasteiger partial charge on any atom is 0.220 e. The lowest BCUT2D eigenvalue weighted by molar-refractivity contribution is -0.123. The molecule has 0 unspecified atom stereocenters. The molecule has 1 aliphatic heterocycles. The molecule has 0 radical (unpaired) electrons. The number of hydrogen-bond donors (Lipinski definition) is 2. The van der Waals surface area contributed by atoms with Crippen molar-refractivity contribution in [3.63, 3.8) is 0 Å². The number of benzene rings is 2. The van der Waals surface area contributed by atoms with E-state index in [1.807, 2.05) is 37.3 Å². The molecule has 0 saturated carbocycles. The summed E-state index contributed by atoms with van der Waals surface area (Å²) in [6.07, 6.45) is 2.91. The first-order valence-corrected chi connectivity index (χ1v) is 13.3. The molecule has 0 bridgehead atoms. The number of methoxy groups -OCH3 is 1. The number of ketones is 1. The Hall–Kier alpha value is -4.28. The molecule has 2 aromatic heterocycles. The number of piperidine rings is 1. The van der Waals surface area contributed by atoms with E-state index in [2.05, 4.69) is 19.9 Å². The van der Waals surface area contributed by atoms with Gasteiger partial charge in [0.2, 0.25) is 5.91 Å². The number of pyridine rings is 1. The number of carbonyl (C=O) groups is 2. The van der Waals surface area contributed by atoms with Crippen molar-refractivity contribution in [2.24, 2.45) is 11.7 Å². The quantitative estimate of drug-likeness (QED) is 0.269. The van der Waals surface area contributed by atoms with Crippen molar-refractivity contribution in [1.29, 1.82) is 0 Å². The zero-order chi connectivity index (χ0) is 28.1. The van der Waals surface area contributed by atoms with Crippen LogP contribution in [-0.2, 0) is 9.53 Å². The molecule has 1 atom stereocenters. The largest absolute Gasteiger partial charge is 0.488 e. The highest BCUT2D eigenvalue weighted by Crippen LogP contribution is 2.33. The van der Waals surface area contributed by atoms with Gasteiger partial charge in [0.05, 0.1) is 18.7 Å². The summed E-state index contributed by atoms with van der Waals surface area (Å²) >= 11 is 0. The number of rotatable bonds is 11. The smallest absolute Gasteiger partial charge is 0.220 e. The number of ether oxygens (including phenoxy) is 3. The topological polar surface area (TPSA) is 133 Å². The van der Waals surface area contributed by atoms with Gasteiger partial charge < -0.3 is 24.9 Å². The summed E-state index contributed by atoms with van der Waals surface area (Å²) < 4.78 is 17.5. The number of nitrogens with one attached hydrogen (secondary N) is 1. The molecule has 1 aliphatic rings. The summed E-state index contributed by atoms with van der Waals surface area (Å²) in [5.41, 5.74) is 8.25. The average molecular weight is 544 g/mol. The molecule has 10 heteroatoms. The number of likely N-dealkylation sites (tertiary alicyclic amines) is 1. The monoisotopic (exact) mass is 543 g/mol. The number of amides is 1. The van der Waals surface area contributed by atoms with E-state index in [4.69, 9.17) is 19.9 Å². The third-order valence-corrected chi connectivity index (χ3v) is 6.92. The first-order valence-electron chi connectivity index (χ1n) is 13.3. The Morgan fingerprint density at radius 3 is 2.52 bits per heavy atom. The first kappa shape index (κ1) is 27.3. The van der Waals surface area contributed by atoms with Gasteiger partial charge in [0.25, 0.3) is 0 Å². The van der Waals surface area contributed by atoms with Gasteiger partial charge in [0, 0.05) is 36.4 Å². The third kappa shape index (κ3) is 6.64. The molecule has 3 N–H and O–H groups in total. The van der Waals surface area contributed by atoms with Gasteiger partial charge in [0.15, 0.2) is 11.4 Å². The van der Waals surface area contributed by atoms with Gasteiger partial charge in [-0.2, -0.15) is 0 Å². The molecule has 2 aromatic carbocycles. The minimum absolute atomic E-state index is 0.0207. The van der Waals surface area contributed by atoms with Crippen molar-refractivity contribution in [3.05, 3.63) is 66.4 Å². The minimum Gasteiger partial charge on any atom is -0.488 e. The fourth-order valence-electron chi connectivity index (χ4n) is 4.83. The summed E-state index contributed by atoms with van der Waals surface area (Å²) in [5.74, 6) is 2.05. The summed E-state index contributed by atoms with van der Waals surface area (Å²) in [5, 5.41) is 0. The highest BCUT2D eigenvalue weighted by Gasteiger charge is 2.24. The van der Waals surface area contributed by atoms with E-state index in [0.717, 1.165) is 11.1 Å². The number of aromatic amines is 1. The number of hydrogen-bond acceptors (Lipinski definition) is 8. The number of imidazole rings is 1. The first-order chi connectivity index (χ1) is 19.4. The number of H-pyrrole nitrogens is 1. The van der Waals surface area contributed by atoms with Crippen LogP contribution < -0.4 is 15.2 Å². The molecule has 208 valence electrons. The molecule has 0 aliphatic carbocycles. The number of primary amides is 1. The third-order valence-electron chi connectivity index (χ3n) is 6.92. The van der Waals surface area contributed by atoms with Gasteiger partial charge in [0.1, 0.15) is 29.2 Å². The van der Waals surface area contributed by atoms with E-state index in [9.17, 15) is 9.59 Å². The van der Waals surface area contributed by atoms with E-state index < -0.39 is 0 Å². The standard InChI is InChI=1S/C30H33N5O5/c1-19(18-38-2)39-24-14-22(29-33-26-4-3-11-32-30(26)34-29)15-25(16-24)40-23-7-5-20(6-8-23)27(36)17-35-12-9-21(10-13-35)28(31)37/h3-8,11,14-16,19,21H,9-10,12-13,17-18H2,1-2H3,(H2,31,37)(H,32,33,34)/t19-/m0/s1. The van der Waals surface area contributed by atoms with E-state index in [1.54, 1.807) is 37.6 Å². The number of carbonyl (C=O) groups excluding carboxylic acids is 2. The lowest BCUT2D eigenvalue weighted by Crippen LogP contribution is -2.40. The Bertz CT molecular complexity index is 1440. The molecule has 10 nitrogen and oxygen atoms in total. The Morgan fingerprint density at radius 1 is 1.07 bits per heavy atom. The minimum atomic E-state index is -0.259. The number of Topliss-reactive ketones (excluding diaryl/α,β-unsaturated/α-hetero) is 1. The Morgan fingerprint density at radius 2 is 1.82 bits per heavy atom. The molecule has 1 fully saturated rings. The highest BCUT2D eigenvalue weighted by atomic mass is 16.5. The van der Waals surface area contributed by atoms with Gasteiger partial charge >= 0.3 is 0 Å². The van der Waals surface area contributed by atoms with Gasteiger partial charge in [-0.15, -0.1) is 0 Å². The highest BCUT2D eigenvalue weighted by molar-refractivity contribution is 5.97. The lowest BCUT2D eigenvalue weighted by Gasteiger charge is -2.29. The van der Waals surface area contributed by atoms with Crippen LogP contribution in [0.15, 0.2) is 60.8 Å². The molecule has 0 spiro atoms. The Balaban J connectivity index is 1.31. The predicted molar refractivity (Wildman–Crippen MR) is 150 cm³/mol. The maximum atomic E-state index is 12.9. The zero-order valence-corrected chi connectivity index (χ0v) is 22.6. The van der Waals surface area contributed by atoms with Crippen LogP contribution in [0.3, 0.4) is 0 Å². The Kier molecular flexibility index (Phi) is 8.37. The number of nitrogens with zero attached hydrogens (tertiary/aromatic N) is 3. The molecule has 1 amide bonds. The van der Waals surface area contributed by atoms with Crippen LogP contribution in [0.25, 0.3) is 22.6 Å². The normalized spacial score (nSPS) is 15.2. The van der Waals surface area contributed by atoms with Crippen LogP contribution in [0.4, 0.5) is 0 Å². The second-order valence-electron chi connectivity index (χ2n) is 10.0. The molecule has 3 heterocycles. The van der Waals surface area contributed by atoms with Crippen LogP contribution in [0.1, 0.15) is 30.1 Å². The zero-order valence-electron chi connectivity index (χ0n) is 22.6. The van der Waals surface area contributed by atoms with E-state index in [0.29, 0.717) is 73.4 Å². The summed E-state index contributed by atoms with van der Waals surface area (Å²) in [6.45, 7) is 4.04. The van der Waals surface area contributed by atoms with Crippen LogP contribution in [-0.4, -0.2) is 71.0 Å². The van der Waals surface area contributed by atoms with Crippen molar-refractivity contribution in [1.82, 2.24) is 19.9 Å². The summed E-state index contributed by atoms with van der Waals surface area (Å²) in [7, 11) is 1.63. The fourth-order valence-corrected chi connectivity index (χ4v) is 4.83. The predicted octanol–water partition coefficient (Wildman–Crippen LogP) is 4.21. The van der Waals surface area contributed by atoms with Crippen molar-refractivity contribution >= 4 is 22.9 Å². The van der Waals surface area contributed by atoms with Crippen molar-refractivity contribution in [3.8, 4) is 28.6 Å². The van der Waals surface area contributed by atoms with Crippen molar-refractivity contribution in [2.75, 3.05) is 33.4 Å². The molecule has 5 rings (SSSR count). The molecule has 1 saturated heterocycles. The molecular formula is C30H33N5O5. The van der Waals surface area contributed by atoms with Crippen LogP contribution in [0.2, 0.25) is 0 Å². The van der Waals surface area contributed by atoms with Crippen LogP contribution in [0, 0.1) is 5.92 Å². The molecular weight excluding hydrogens is 510 g/mol. The average Bonchev–Trinajstić information content (AvgIpc) is 3.38. The van der Waals surface area contributed by atoms with Crippen molar-refractivity contribution < 1.29 is 23.8 Å².